The molecule has 0 saturated carbocycles. The molecule has 0 bridgehead atoms. The number of aromatic nitrogens is 1. The smallest absolute Gasteiger partial charge is 0.213 e. The highest BCUT2D eigenvalue weighted by atomic mass is 79.9. The molecule has 100 valence electrons. The van der Waals surface area contributed by atoms with E-state index in [2.05, 4.69) is 40.1 Å². The third-order valence-corrected chi connectivity index (χ3v) is 3.66. The summed E-state index contributed by atoms with van der Waals surface area (Å²) in [6.07, 6.45) is 0.0690. The van der Waals surface area contributed by atoms with E-state index >= 15 is 0 Å². The predicted octanol–water partition coefficient (Wildman–Crippen LogP) is 2.30. The van der Waals surface area contributed by atoms with Gasteiger partial charge in [-0.15, -0.1) is 0 Å². The number of morpholine rings is 1. The van der Waals surface area contributed by atoms with Gasteiger partial charge in [-0.2, -0.15) is 0 Å². The first kappa shape index (κ1) is 13.8. The summed E-state index contributed by atoms with van der Waals surface area (Å²) < 4.78 is 12.6. The molecule has 1 aromatic rings. The number of aryl methyl sites for hydroxylation is 1. The van der Waals surface area contributed by atoms with Crippen LogP contribution in [0, 0.1) is 6.92 Å². The van der Waals surface area contributed by atoms with Crippen LogP contribution < -0.4 is 10.1 Å². The first-order valence-corrected chi connectivity index (χ1v) is 6.90. The van der Waals surface area contributed by atoms with E-state index in [-0.39, 0.29) is 11.7 Å². The number of nitrogens with zero attached hydrogens (tertiary/aromatic N) is 1. The van der Waals surface area contributed by atoms with E-state index in [1.165, 1.54) is 0 Å². The highest BCUT2D eigenvalue weighted by Gasteiger charge is 2.28. The number of hydrogen-bond donors (Lipinski definition) is 1. The van der Waals surface area contributed by atoms with Crippen LogP contribution in [0.1, 0.15) is 19.5 Å². The van der Waals surface area contributed by atoms with Gasteiger partial charge in [0.25, 0.3) is 0 Å². The molecule has 1 aromatic heterocycles. The van der Waals surface area contributed by atoms with Crippen molar-refractivity contribution in [3.05, 3.63) is 22.3 Å². The molecule has 0 aromatic carbocycles. The van der Waals surface area contributed by atoms with E-state index in [0.29, 0.717) is 12.5 Å². The van der Waals surface area contributed by atoms with E-state index in [1.807, 2.05) is 19.1 Å². The molecule has 5 heteroatoms. The van der Waals surface area contributed by atoms with Crippen molar-refractivity contribution in [1.29, 1.82) is 0 Å². The fourth-order valence-electron chi connectivity index (χ4n) is 1.94. The Bertz CT molecular complexity index is 423. The van der Waals surface area contributed by atoms with E-state index in [1.54, 1.807) is 0 Å². The molecule has 2 heterocycles. The Morgan fingerprint density at radius 3 is 3.00 bits per heavy atom. The molecule has 1 fully saturated rings. The third-order valence-electron chi connectivity index (χ3n) is 2.82. The average molecular weight is 315 g/mol. The molecule has 1 unspecified atom stereocenters. The molecule has 1 saturated heterocycles. The van der Waals surface area contributed by atoms with E-state index < -0.39 is 0 Å². The summed E-state index contributed by atoms with van der Waals surface area (Å²) in [6.45, 7) is 8.31. The Kier molecular flexibility index (Phi) is 4.25. The molecule has 0 aliphatic carbocycles. The zero-order valence-corrected chi connectivity index (χ0v) is 12.6. The predicted molar refractivity (Wildman–Crippen MR) is 74.0 cm³/mol. The molecule has 1 atom stereocenters. The molecule has 0 spiro atoms. The summed E-state index contributed by atoms with van der Waals surface area (Å²) in [6, 6.07) is 3.81. The van der Waals surface area contributed by atoms with Gasteiger partial charge in [-0.3, -0.25) is 0 Å². The molecular formula is C13H19BrN2O2. The van der Waals surface area contributed by atoms with Gasteiger partial charge >= 0.3 is 0 Å². The monoisotopic (exact) mass is 314 g/mol. The summed E-state index contributed by atoms with van der Waals surface area (Å²) in [7, 11) is 0. The SMILES string of the molecule is Cc1nc(OCC2CNCC(C)(C)O2)ccc1Br. The van der Waals surface area contributed by atoms with E-state index in [9.17, 15) is 0 Å². The number of nitrogens with one attached hydrogen (secondary N) is 1. The van der Waals surface area contributed by atoms with Crippen molar-refractivity contribution in [1.82, 2.24) is 10.3 Å². The Morgan fingerprint density at radius 1 is 1.56 bits per heavy atom. The van der Waals surface area contributed by atoms with Gasteiger partial charge in [0, 0.05) is 23.6 Å². The number of hydrogen-bond acceptors (Lipinski definition) is 4. The lowest BCUT2D eigenvalue weighted by Gasteiger charge is -2.36. The van der Waals surface area contributed by atoms with Crippen molar-refractivity contribution >= 4 is 15.9 Å². The van der Waals surface area contributed by atoms with Gasteiger partial charge < -0.3 is 14.8 Å². The Hall–Kier alpha value is -0.650. The number of halogens is 1. The maximum absolute atomic E-state index is 5.92. The first-order chi connectivity index (χ1) is 8.46. The molecular weight excluding hydrogens is 296 g/mol. The molecule has 1 aliphatic heterocycles. The van der Waals surface area contributed by atoms with Crippen molar-refractivity contribution < 1.29 is 9.47 Å². The van der Waals surface area contributed by atoms with Crippen LogP contribution in [0.4, 0.5) is 0 Å². The zero-order valence-electron chi connectivity index (χ0n) is 11.0. The van der Waals surface area contributed by atoms with Gasteiger partial charge in [-0.1, -0.05) is 0 Å². The van der Waals surface area contributed by atoms with Gasteiger partial charge in [0.15, 0.2) is 0 Å². The van der Waals surface area contributed by atoms with Crippen LogP contribution in [-0.4, -0.2) is 36.4 Å². The summed E-state index contributed by atoms with van der Waals surface area (Å²) in [5, 5.41) is 3.35. The zero-order chi connectivity index (χ0) is 13.2. The molecule has 1 aliphatic rings. The van der Waals surface area contributed by atoms with Gasteiger partial charge in [-0.25, -0.2) is 4.98 Å². The minimum Gasteiger partial charge on any atom is -0.475 e. The summed E-state index contributed by atoms with van der Waals surface area (Å²) in [5.41, 5.74) is 0.797. The van der Waals surface area contributed by atoms with Crippen LogP contribution in [0.5, 0.6) is 5.88 Å². The minimum absolute atomic E-state index is 0.0690. The van der Waals surface area contributed by atoms with Crippen molar-refractivity contribution in [2.75, 3.05) is 19.7 Å². The summed E-state index contributed by atoms with van der Waals surface area (Å²) in [5.74, 6) is 0.641. The lowest BCUT2D eigenvalue weighted by atomic mass is 10.1. The number of rotatable bonds is 3. The minimum atomic E-state index is -0.130. The fraction of sp³-hybridized carbons (Fsp3) is 0.615. The normalized spacial score (nSPS) is 22.8. The van der Waals surface area contributed by atoms with Gasteiger partial charge in [0.2, 0.25) is 5.88 Å². The summed E-state index contributed by atoms with van der Waals surface area (Å²) in [4.78, 5) is 4.35. The molecule has 2 rings (SSSR count). The standard InChI is InChI=1S/C13H19BrN2O2/c1-9-11(14)4-5-12(16-9)17-7-10-6-15-8-13(2,3)18-10/h4-5,10,15H,6-8H2,1-3H3. The van der Waals surface area contributed by atoms with E-state index in [0.717, 1.165) is 23.3 Å². The van der Waals surface area contributed by atoms with Crippen LogP contribution in [-0.2, 0) is 4.74 Å². The number of ether oxygens (including phenoxy) is 2. The van der Waals surface area contributed by atoms with Crippen molar-refractivity contribution in [2.45, 2.75) is 32.5 Å². The van der Waals surface area contributed by atoms with Gasteiger partial charge in [-0.05, 0) is 42.8 Å². The second kappa shape index (κ2) is 5.55. The molecule has 0 amide bonds. The topological polar surface area (TPSA) is 43.4 Å². The quantitative estimate of drug-likeness (QED) is 0.929. The first-order valence-electron chi connectivity index (χ1n) is 6.11. The van der Waals surface area contributed by atoms with E-state index in [4.69, 9.17) is 9.47 Å². The lowest BCUT2D eigenvalue weighted by Crippen LogP contribution is -2.52. The second-order valence-electron chi connectivity index (χ2n) is 5.16. The largest absolute Gasteiger partial charge is 0.475 e. The van der Waals surface area contributed by atoms with Crippen molar-refractivity contribution in [3.8, 4) is 5.88 Å². The van der Waals surface area contributed by atoms with Crippen LogP contribution in [0.25, 0.3) is 0 Å². The van der Waals surface area contributed by atoms with Crippen LogP contribution >= 0.6 is 15.9 Å². The number of pyridine rings is 1. The fourth-order valence-corrected chi connectivity index (χ4v) is 2.16. The van der Waals surface area contributed by atoms with Crippen molar-refractivity contribution in [2.24, 2.45) is 0 Å². The molecule has 1 N–H and O–H groups in total. The maximum atomic E-state index is 5.92. The lowest BCUT2D eigenvalue weighted by molar-refractivity contribution is -0.107. The Labute approximate surface area is 116 Å². The van der Waals surface area contributed by atoms with Crippen LogP contribution in [0.2, 0.25) is 0 Å². The average Bonchev–Trinajstić information content (AvgIpc) is 2.29. The van der Waals surface area contributed by atoms with Gasteiger partial charge in [0.05, 0.1) is 11.3 Å². The highest BCUT2D eigenvalue weighted by molar-refractivity contribution is 9.10. The molecule has 4 nitrogen and oxygen atoms in total. The molecule has 18 heavy (non-hydrogen) atoms. The second-order valence-corrected chi connectivity index (χ2v) is 6.01. The van der Waals surface area contributed by atoms with Crippen molar-refractivity contribution in [3.63, 3.8) is 0 Å². The summed E-state index contributed by atoms with van der Waals surface area (Å²) >= 11 is 3.42. The molecule has 0 radical (unpaired) electrons. The van der Waals surface area contributed by atoms with Crippen LogP contribution in [0.3, 0.4) is 0 Å². The highest BCUT2D eigenvalue weighted by Crippen LogP contribution is 2.19. The third kappa shape index (κ3) is 3.67. The Morgan fingerprint density at radius 2 is 2.33 bits per heavy atom. The van der Waals surface area contributed by atoms with Gasteiger partial charge in [0.1, 0.15) is 12.7 Å². The Balaban J connectivity index is 1.89. The maximum Gasteiger partial charge on any atom is 0.213 e. The van der Waals surface area contributed by atoms with Crippen LogP contribution in [0.15, 0.2) is 16.6 Å².